The minimum absolute atomic E-state index is 0.153. The van der Waals surface area contributed by atoms with Gasteiger partial charge in [0.15, 0.2) is 15.1 Å². The normalized spacial score (nSPS) is 23.8. The zero-order chi connectivity index (χ0) is 23.7. The molecule has 1 unspecified atom stereocenters. The van der Waals surface area contributed by atoms with Crippen molar-refractivity contribution in [2.75, 3.05) is 13.7 Å². The third-order valence-electron chi connectivity index (χ3n) is 5.66. The largest absolute Gasteiger partial charge is 0.467 e. The standard InChI is InChI=1S/C21H34N2O6SSi/c1-12(2)17(20(27)28-6)22-18(26)16(13(21(3,4)5)11-29-31(7)8)19(22)30-23-14(24)9-10-15(23)25/h13,16-17,19,31H,1,9-11H2,2-8H3/t13-,16+,17?,19-/m1/s1. The lowest BCUT2D eigenvalue weighted by molar-refractivity contribution is -0.170. The Morgan fingerprint density at radius 3 is 2.19 bits per heavy atom. The number of amides is 3. The van der Waals surface area contributed by atoms with Crippen molar-refractivity contribution >= 4 is 44.7 Å². The first kappa shape index (κ1) is 25.6. The molecule has 8 nitrogen and oxygen atoms in total. The number of carbonyl (C=O) groups is 4. The van der Waals surface area contributed by atoms with Crippen LogP contribution < -0.4 is 0 Å². The van der Waals surface area contributed by atoms with Crippen LogP contribution in [0, 0.1) is 17.3 Å². The van der Waals surface area contributed by atoms with E-state index in [9.17, 15) is 19.2 Å². The predicted molar refractivity (Wildman–Crippen MR) is 121 cm³/mol. The number of likely N-dealkylation sites (tertiary alicyclic amines) is 1. The van der Waals surface area contributed by atoms with Gasteiger partial charge in [0, 0.05) is 25.4 Å². The number of β-lactam (4-membered cyclic amide) rings is 1. The third-order valence-corrected chi connectivity index (χ3v) is 7.88. The van der Waals surface area contributed by atoms with Crippen molar-refractivity contribution in [2.45, 2.75) is 65.0 Å². The van der Waals surface area contributed by atoms with E-state index in [2.05, 4.69) is 19.7 Å². The van der Waals surface area contributed by atoms with Crippen molar-refractivity contribution < 1.29 is 28.3 Å². The van der Waals surface area contributed by atoms with Crippen molar-refractivity contribution in [3.05, 3.63) is 12.2 Å². The van der Waals surface area contributed by atoms with Crippen LogP contribution in [0.5, 0.6) is 0 Å². The topological polar surface area (TPSA) is 93.2 Å². The second kappa shape index (κ2) is 9.87. The molecule has 0 aromatic heterocycles. The maximum absolute atomic E-state index is 13.4. The smallest absolute Gasteiger partial charge is 0.332 e. The summed E-state index contributed by atoms with van der Waals surface area (Å²) in [5.74, 6) is -2.04. The molecule has 10 heteroatoms. The quantitative estimate of drug-likeness (QED) is 0.127. The predicted octanol–water partition coefficient (Wildman–Crippen LogP) is 2.35. The summed E-state index contributed by atoms with van der Waals surface area (Å²) in [4.78, 5) is 51.9. The number of imide groups is 1. The summed E-state index contributed by atoms with van der Waals surface area (Å²) in [7, 11) is -0.0713. The van der Waals surface area contributed by atoms with Crippen LogP contribution in [0.2, 0.25) is 13.1 Å². The van der Waals surface area contributed by atoms with Crippen molar-refractivity contribution in [1.29, 1.82) is 0 Å². The van der Waals surface area contributed by atoms with E-state index in [1.807, 2.05) is 20.8 Å². The molecule has 174 valence electrons. The molecule has 4 atom stereocenters. The highest BCUT2D eigenvalue weighted by atomic mass is 32.2. The fourth-order valence-corrected chi connectivity index (χ4v) is 5.90. The van der Waals surface area contributed by atoms with Crippen molar-refractivity contribution in [2.24, 2.45) is 17.3 Å². The molecule has 0 bridgehead atoms. The third kappa shape index (κ3) is 5.40. The first-order valence-corrected chi connectivity index (χ1v) is 14.1. The molecule has 0 saturated carbocycles. The Labute approximate surface area is 190 Å². The second-order valence-electron chi connectivity index (χ2n) is 9.48. The van der Waals surface area contributed by atoms with E-state index in [1.54, 1.807) is 6.92 Å². The molecule has 0 aromatic rings. The molecule has 2 heterocycles. The molecular weight excluding hydrogens is 436 g/mol. The number of methoxy groups -OCH3 is 1. The molecule has 0 N–H and O–H groups in total. The average Bonchev–Trinajstić information content (AvgIpc) is 2.97. The van der Waals surface area contributed by atoms with Gasteiger partial charge in [-0.05, 0) is 43.0 Å². The molecule has 2 aliphatic rings. The molecule has 2 aliphatic heterocycles. The number of nitrogens with zero attached hydrogens (tertiary/aromatic N) is 2. The second-order valence-corrected chi connectivity index (χ2v) is 13.0. The average molecular weight is 471 g/mol. The van der Waals surface area contributed by atoms with E-state index in [-0.39, 0.29) is 41.9 Å². The van der Waals surface area contributed by atoms with Gasteiger partial charge in [-0.25, -0.2) is 9.10 Å². The Balaban J connectivity index is 2.44. The van der Waals surface area contributed by atoms with Crippen LogP contribution >= 0.6 is 11.9 Å². The summed E-state index contributed by atoms with van der Waals surface area (Å²) in [5.41, 5.74) is 0.193. The van der Waals surface area contributed by atoms with E-state index < -0.39 is 32.3 Å². The highest BCUT2D eigenvalue weighted by Gasteiger charge is 2.59. The molecule has 0 spiro atoms. The Morgan fingerprint density at radius 1 is 1.23 bits per heavy atom. The monoisotopic (exact) mass is 470 g/mol. The fraction of sp³-hybridized carbons (Fsp3) is 0.714. The molecule has 31 heavy (non-hydrogen) atoms. The molecule has 0 radical (unpaired) electrons. The maximum Gasteiger partial charge on any atom is 0.332 e. The number of esters is 1. The summed E-state index contributed by atoms with van der Waals surface area (Å²) in [6.45, 7) is 16.2. The minimum atomic E-state index is -1.33. The Bertz CT molecular complexity index is 749. The molecular formula is C21H34N2O6SSi. The van der Waals surface area contributed by atoms with Gasteiger partial charge in [0.25, 0.3) is 0 Å². The minimum Gasteiger partial charge on any atom is -0.467 e. The van der Waals surface area contributed by atoms with E-state index >= 15 is 0 Å². The molecule has 3 amide bonds. The lowest BCUT2D eigenvalue weighted by atomic mass is 9.69. The van der Waals surface area contributed by atoms with E-state index in [1.165, 1.54) is 12.0 Å². The Morgan fingerprint density at radius 2 is 1.77 bits per heavy atom. The zero-order valence-electron chi connectivity index (χ0n) is 19.5. The molecule has 2 fully saturated rings. The summed E-state index contributed by atoms with van der Waals surface area (Å²) in [6, 6.07) is -0.972. The number of hydrogen-bond acceptors (Lipinski definition) is 7. The van der Waals surface area contributed by atoms with Gasteiger partial charge >= 0.3 is 5.97 Å². The Kier molecular flexibility index (Phi) is 8.15. The van der Waals surface area contributed by atoms with Crippen molar-refractivity contribution in [3.8, 4) is 0 Å². The number of hydrogen-bond donors (Lipinski definition) is 0. The fourth-order valence-electron chi connectivity index (χ4n) is 3.91. The van der Waals surface area contributed by atoms with E-state index in [4.69, 9.17) is 9.16 Å². The van der Waals surface area contributed by atoms with Crippen molar-refractivity contribution in [1.82, 2.24) is 9.21 Å². The lowest BCUT2D eigenvalue weighted by Gasteiger charge is -2.54. The Hall–Kier alpha value is -1.65. The molecule has 2 rings (SSSR count). The van der Waals surface area contributed by atoms with Gasteiger partial charge in [-0.3, -0.25) is 14.4 Å². The maximum atomic E-state index is 13.4. The number of rotatable bonds is 9. The summed E-state index contributed by atoms with van der Waals surface area (Å²) >= 11 is 1.03. The highest BCUT2D eigenvalue weighted by Crippen LogP contribution is 2.49. The van der Waals surface area contributed by atoms with E-state index in [0.29, 0.717) is 12.2 Å². The zero-order valence-corrected chi connectivity index (χ0v) is 21.4. The molecule has 0 aromatic carbocycles. The van der Waals surface area contributed by atoms with Crippen molar-refractivity contribution in [3.63, 3.8) is 0 Å². The molecule has 2 saturated heterocycles. The first-order chi connectivity index (χ1) is 14.3. The number of carbonyl (C=O) groups excluding carboxylic acids is 4. The van der Waals surface area contributed by atoms with Gasteiger partial charge in [-0.1, -0.05) is 27.4 Å². The van der Waals surface area contributed by atoms with Crippen LogP contribution in [0.15, 0.2) is 12.2 Å². The molecule has 0 aliphatic carbocycles. The van der Waals surface area contributed by atoms with Crippen LogP contribution in [-0.2, 0) is 28.3 Å². The van der Waals surface area contributed by atoms with Gasteiger partial charge < -0.3 is 14.1 Å². The van der Waals surface area contributed by atoms with Crippen LogP contribution in [0.1, 0.15) is 40.5 Å². The van der Waals surface area contributed by atoms with Gasteiger partial charge in [-0.15, -0.1) is 0 Å². The van der Waals surface area contributed by atoms with Gasteiger partial charge in [0.05, 0.1) is 13.0 Å². The summed E-state index contributed by atoms with van der Waals surface area (Å²) < 4.78 is 12.1. The first-order valence-electron chi connectivity index (χ1n) is 10.5. The summed E-state index contributed by atoms with van der Waals surface area (Å²) in [5, 5.41) is -0.582. The lowest BCUT2D eigenvalue weighted by Crippen LogP contribution is -2.69. The van der Waals surface area contributed by atoms with Gasteiger partial charge in [0.1, 0.15) is 5.37 Å². The van der Waals surface area contributed by atoms with Crippen LogP contribution in [0.25, 0.3) is 0 Å². The SMILES string of the molecule is C=C(C)C(C(=O)OC)N1C(=O)[C@H]([C@@H](CO[SiH](C)C)C(C)(C)C)[C@H]1SN1C(=O)CCC1=O. The highest BCUT2D eigenvalue weighted by molar-refractivity contribution is 7.98. The van der Waals surface area contributed by atoms with Crippen LogP contribution in [0.4, 0.5) is 0 Å². The summed E-state index contributed by atoms with van der Waals surface area (Å²) in [6.07, 6.45) is 0.311. The van der Waals surface area contributed by atoms with Gasteiger partial charge in [0.2, 0.25) is 17.7 Å². The van der Waals surface area contributed by atoms with Crippen LogP contribution in [0.3, 0.4) is 0 Å². The number of ether oxygens (including phenoxy) is 1. The van der Waals surface area contributed by atoms with Crippen LogP contribution in [-0.4, -0.2) is 67.1 Å². The van der Waals surface area contributed by atoms with Gasteiger partial charge in [-0.2, -0.15) is 0 Å². The van der Waals surface area contributed by atoms with E-state index in [0.717, 1.165) is 16.3 Å².